The molecule has 1 aliphatic rings. The number of hydrogen-bond acceptors (Lipinski definition) is 3. The minimum atomic E-state index is -0.294. The van der Waals surface area contributed by atoms with E-state index < -0.39 is 0 Å². The smallest absolute Gasteiger partial charge is 0.131 e. The molecule has 112 valence electrons. The summed E-state index contributed by atoms with van der Waals surface area (Å²) in [5.74, 6) is 0.278. The second-order valence-corrected chi connectivity index (χ2v) is 6.06. The number of piperazine rings is 1. The Morgan fingerprint density at radius 1 is 1.30 bits per heavy atom. The molecule has 0 saturated carbocycles. The number of hydrogen-bond donors (Lipinski definition) is 2. The van der Waals surface area contributed by atoms with Crippen molar-refractivity contribution in [2.24, 2.45) is 5.92 Å². The molecule has 1 aliphatic heterocycles. The molecule has 1 aromatic rings. The van der Waals surface area contributed by atoms with Gasteiger partial charge in [0, 0.05) is 37.8 Å². The van der Waals surface area contributed by atoms with Crippen LogP contribution in [0.1, 0.15) is 37.4 Å². The van der Waals surface area contributed by atoms with Crippen molar-refractivity contribution in [2.45, 2.75) is 33.2 Å². The van der Waals surface area contributed by atoms with Crippen molar-refractivity contribution < 1.29 is 9.50 Å². The fourth-order valence-electron chi connectivity index (χ4n) is 2.90. The topological polar surface area (TPSA) is 35.5 Å². The molecule has 0 bridgehead atoms. The van der Waals surface area contributed by atoms with E-state index in [1.807, 2.05) is 6.92 Å². The van der Waals surface area contributed by atoms with E-state index in [9.17, 15) is 9.50 Å². The SMILES string of the molecule is Cc1ccc(F)c([C@@H](CC(C)C)N2CCNCC2)c1O. The summed E-state index contributed by atoms with van der Waals surface area (Å²) in [4.78, 5) is 2.29. The van der Waals surface area contributed by atoms with Crippen LogP contribution in [0.2, 0.25) is 0 Å². The van der Waals surface area contributed by atoms with E-state index in [1.54, 1.807) is 6.07 Å². The maximum atomic E-state index is 14.3. The molecule has 4 heteroatoms. The summed E-state index contributed by atoms with van der Waals surface area (Å²) in [5, 5.41) is 13.6. The fraction of sp³-hybridized carbons (Fsp3) is 0.625. The zero-order valence-electron chi connectivity index (χ0n) is 12.6. The van der Waals surface area contributed by atoms with Gasteiger partial charge in [-0.15, -0.1) is 0 Å². The van der Waals surface area contributed by atoms with E-state index >= 15 is 0 Å². The second kappa shape index (κ2) is 6.55. The van der Waals surface area contributed by atoms with Gasteiger partial charge >= 0.3 is 0 Å². The number of phenols is 1. The van der Waals surface area contributed by atoms with E-state index in [2.05, 4.69) is 24.1 Å². The highest BCUT2D eigenvalue weighted by molar-refractivity contribution is 5.42. The first kappa shape index (κ1) is 15.3. The molecule has 0 unspecified atom stereocenters. The van der Waals surface area contributed by atoms with Crippen LogP contribution in [0.5, 0.6) is 5.75 Å². The highest BCUT2D eigenvalue weighted by Gasteiger charge is 2.28. The summed E-state index contributed by atoms with van der Waals surface area (Å²) in [6.07, 6.45) is 0.855. The summed E-state index contributed by atoms with van der Waals surface area (Å²) in [5.41, 5.74) is 1.21. The maximum Gasteiger partial charge on any atom is 0.131 e. The van der Waals surface area contributed by atoms with Crippen LogP contribution < -0.4 is 5.32 Å². The lowest BCUT2D eigenvalue weighted by atomic mass is 9.92. The molecule has 20 heavy (non-hydrogen) atoms. The van der Waals surface area contributed by atoms with Crippen LogP contribution in [0.4, 0.5) is 4.39 Å². The molecule has 0 aromatic heterocycles. The van der Waals surface area contributed by atoms with Crippen LogP contribution in [0.3, 0.4) is 0 Å². The van der Waals surface area contributed by atoms with Crippen LogP contribution in [-0.2, 0) is 0 Å². The average Bonchev–Trinajstić information content (AvgIpc) is 2.43. The monoisotopic (exact) mass is 280 g/mol. The summed E-state index contributed by atoms with van der Waals surface area (Å²) < 4.78 is 14.3. The Morgan fingerprint density at radius 3 is 2.55 bits per heavy atom. The van der Waals surface area contributed by atoms with Gasteiger partial charge in [0.2, 0.25) is 0 Å². The molecule has 0 aliphatic carbocycles. The maximum absolute atomic E-state index is 14.3. The summed E-state index contributed by atoms with van der Waals surface area (Å²) >= 11 is 0. The Bertz CT molecular complexity index is 456. The number of benzene rings is 1. The molecule has 1 atom stereocenters. The van der Waals surface area contributed by atoms with Crippen molar-refractivity contribution in [3.63, 3.8) is 0 Å². The van der Waals surface area contributed by atoms with Crippen LogP contribution in [0.15, 0.2) is 12.1 Å². The molecule has 0 spiro atoms. The first-order valence-corrected chi connectivity index (χ1v) is 7.43. The minimum Gasteiger partial charge on any atom is -0.507 e. The third-order valence-electron chi connectivity index (χ3n) is 3.99. The minimum absolute atomic E-state index is 0.0444. The summed E-state index contributed by atoms with van der Waals surface area (Å²) in [6.45, 7) is 9.72. The highest BCUT2D eigenvalue weighted by atomic mass is 19.1. The van der Waals surface area contributed by atoms with Gasteiger partial charge < -0.3 is 10.4 Å². The van der Waals surface area contributed by atoms with Gasteiger partial charge in [-0.2, -0.15) is 0 Å². The Hall–Kier alpha value is -1.13. The predicted molar refractivity (Wildman–Crippen MR) is 79.4 cm³/mol. The zero-order chi connectivity index (χ0) is 14.7. The van der Waals surface area contributed by atoms with E-state index in [-0.39, 0.29) is 17.6 Å². The molecule has 2 N–H and O–H groups in total. The number of nitrogens with one attached hydrogen (secondary N) is 1. The Morgan fingerprint density at radius 2 is 1.95 bits per heavy atom. The number of halogens is 1. The third kappa shape index (κ3) is 3.30. The quantitative estimate of drug-likeness (QED) is 0.890. The molecule has 1 fully saturated rings. The van der Waals surface area contributed by atoms with E-state index in [1.165, 1.54) is 6.07 Å². The van der Waals surface area contributed by atoms with Crippen molar-refractivity contribution in [1.82, 2.24) is 10.2 Å². The number of aromatic hydroxyl groups is 1. The molecule has 1 saturated heterocycles. The van der Waals surface area contributed by atoms with E-state index in [0.717, 1.165) is 38.2 Å². The number of aryl methyl sites for hydroxylation is 1. The van der Waals surface area contributed by atoms with Crippen LogP contribution in [0.25, 0.3) is 0 Å². The molecule has 1 aromatic carbocycles. The van der Waals surface area contributed by atoms with Gasteiger partial charge in [0.15, 0.2) is 0 Å². The molecule has 1 heterocycles. The van der Waals surface area contributed by atoms with Crippen LogP contribution in [0, 0.1) is 18.7 Å². The van der Waals surface area contributed by atoms with Crippen molar-refractivity contribution in [3.05, 3.63) is 29.1 Å². The van der Waals surface area contributed by atoms with Crippen molar-refractivity contribution in [1.29, 1.82) is 0 Å². The normalized spacial score (nSPS) is 18.4. The molecule has 0 amide bonds. The fourth-order valence-corrected chi connectivity index (χ4v) is 2.90. The highest BCUT2D eigenvalue weighted by Crippen LogP contribution is 2.37. The molecule has 2 rings (SSSR count). The van der Waals surface area contributed by atoms with Crippen molar-refractivity contribution in [2.75, 3.05) is 26.2 Å². The van der Waals surface area contributed by atoms with Gasteiger partial charge in [-0.1, -0.05) is 19.9 Å². The van der Waals surface area contributed by atoms with Crippen LogP contribution >= 0.6 is 0 Å². The van der Waals surface area contributed by atoms with Crippen LogP contribution in [-0.4, -0.2) is 36.2 Å². The van der Waals surface area contributed by atoms with Gasteiger partial charge in [0.05, 0.1) is 0 Å². The summed E-state index contributed by atoms with van der Waals surface area (Å²) in [7, 11) is 0. The van der Waals surface area contributed by atoms with Gasteiger partial charge in [-0.05, 0) is 30.9 Å². The predicted octanol–water partition coefficient (Wildman–Crippen LogP) is 2.83. The number of rotatable bonds is 4. The average molecular weight is 280 g/mol. The molecule has 3 nitrogen and oxygen atoms in total. The van der Waals surface area contributed by atoms with Gasteiger partial charge in [0.1, 0.15) is 11.6 Å². The number of nitrogens with zero attached hydrogens (tertiary/aromatic N) is 1. The third-order valence-corrected chi connectivity index (χ3v) is 3.99. The second-order valence-electron chi connectivity index (χ2n) is 6.06. The number of phenolic OH excluding ortho intramolecular Hbond substituents is 1. The lowest BCUT2D eigenvalue weighted by Crippen LogP contribution is -2.45. The molecule has 0 radical (unpaired) electrons. The largest absolute Gasteiger partial charge is 0.507 e. The van der Waals surface area contributed by atoms with Crippen molar-refractivity contribution in [3.8, 4) is 5.75 Å². The Labute approximate surface area is 120 Å². The zero-order valence-corrected chi connectivity index (χ0v) is 12.6. The van der Waals surface area contributed by atoms with Gasteiger partial charge in [-0.25, -0.2) is 4.39 Å². The standard InChI is InChI=1S/C16H25FN2O/c1-11(2)10-14(19-8-6-18-7-9-19)15-13(17)5-4-12(3)16(15)20/h4-5,11,14,18,20H,6-10H2,1-3H3/t14-/m1/s1. The van der Waals surface area contributed by atoms with Gasteiger partial charge in [-0.3, -0.25) is 4.90 Å². The molecular formula is C16H25FN2O. The summed E-state index contributed by atoms with van der Waals surface area (Å²) in [6, 6.07) is 3.06. The first-order valence-electron chi connectivity index (χ1n) is 7.43. The molecular weight excluding hydrogens is 255 g/mol. The first-order chi connectivity index (χ1) is 9.50. The lowest BCUT2D eigenvalue weighted by Gasteiger charge is -2.36. The van der Waals surface area contributed by atoms with Crippen molar-refractivity contribution >= 4 is 0 Å². The Kier molecular flexibility index (Phi) is 5.00. The lowest BCUT2D eigenvalue weighted by molar-refractivity contribution is 0.148. The van der Waals surface area contributed by atoms with E-state index in [0.29, 0.717) is 11.5 Å². The Balaban J connectivity index is 2.37. The van der Waals surface area contributed by atoms with Gasteiger partial charge in [0.25, 0.3) is 0 Å². The van der Waals surface area contributed by atoms with E-state index in [4.69, 9.17) is 0 Å².